The minimum absolute atomic E-state index is 0.0450. The lowest BCUT2D eigenvalue weighted by molar-refractivity contribution is 0.137. The highest BCUT2D eigenvalue weighted by molar-refractivity contribution is 9.09. The predicted molar refractivity (Wildman–Crippen MR) is 83.3 cm³/mol. The van der Waals surface area contributed by atoms with Crippen molar-refractivity contribution < 1.29 is 13.2 Å². The van der Waals surface area contributed by atoms with Crippen LogP contribution >= 0.6 is 15.9 Å². The lowest BCUT2D eigenvalue weighted by Crippen LogP contribution is -2.25. The Balaban J connectivity index is 1.91. The Morgan fingerprint density at radius 3 is 2.80 bits per heavy atom. The lowest BCUT2D eigenvalue weighted by atomic mass is 9.95. The van der Waals surface area contributed by atoms with E-state index in [-0.39, 0.29) is 22.1 Å². The summed E-state index contributed by atoms with van der Waals surface area (Å²) in [4.78, 5) is 0.0450. The Morgan fingerprint density at radius 2 is 2.15 bits per heavy atom. The average Bonchev–Trinajstić information content (AvgIpc) is 2.85. The van der Waals surface area contributed by atoms with Crippen molar-refractivity contribution in [3.63, 3.8) is 0 Å². The summed E-state index contributed by atoms with van der Waals surface area (Å²) in [5, 5.41) is 0. The zero-order chi connectivity index (χ0) is 14.5. The van der Waals surface area contributed by atoms with Crippen molar-refractivity contribution in [2.45, 2.75) is 37.1 Å². The molecule has 3 rings (SSSR count). The molecule has 2 atom stereocenters. The molecule has 0 saturated carbocycles. The molecule has 3 nitrogen and oxygen atoms in total. The standard InChI is InChI=1S/C15H19BrO3S/c1-15(2)8-10-4-3-5-12(14(10)19-15)13(16)11-6-7-20(17,18)9-11/h3-5,11,13H,6-9H2,1-2H3. The molecule has 2 heterocycles. The second-order valence-corrected chi connectivity index (χ2v) is 9.65. The number of ether oxygens (including phenoxy) is 1. The van der Waals surface area contributed by atoms with Gasteiger partial charge in [0.15, 0.2) is 9.84 Å². The molecule has 0 aromatic heterocycles. The SMILES string of the molecule is CC1(C)Cc2cccc(C(Br)C3CCS(=O)(=O)C3)c2O1. The van der Waals surface area contributed by atoms with Crippen LogP contribution in [0, 0.1) is 5.92 Å². The van der Waals surface area contributed by atoms with E-state index in [1.54, 1.807) is 0 Å². The third kappa shape index (κ3) is 2.62. The monoisotopic (exact) mass is 358 g/mol. The van der Waals surface area contributed by atoms with E-state index in [0.29, 0.717) is 5.75 Å². The van der Waals surface area contributed by atoms with Gasteiger partial charge in [-0.2, -0.15) is 0 Å². The van der Waals surface area contributed by atoms with Gasteiger partial charge in [-0.15, -0.1) is 0 Å². The average molecular weight is 359 g/mol. The number of hydrogen-bond acceptors (Lipinski definition) is 3. The number of rotatable bonds is 2. The Hall–Kier alpha value is -0.550. The maximum Gasteiger partial charge on any atom is 0.150 e. The van der Waals surface area contributed by atoms with E-state index in [4.69, 9.17) is 4.74 Å². The molecule has 2 aliphatic heterocycles. The first kappa shape index (κ1) is 14.4. The van der Waals surface area contributed by atoms with Gasteiger partial charge in [0.1, 0.15) is 11.4 Å². The van der Waals surface area contributed by atoms with Crippen LogP contribution in [0.5, 0.6) is 5.75 Å². The van der Waals surface area contributed by atoms with Crippen LogP contribution in [-0.2, 0) is 16.3 Å². The first-order valence-electron chi connectivity index (χ1n) is 6.93. The summed E-state index contributed by atoms with van der Waals surface area (Å²) in [6.45, 7) is 4.17. The van der Waals surface area contributed by atoms with Gasteiger partial charge in [0.05, 0.1) is 11.5 Å². The second kappa shape index (κ2) is 4.73. The molecule has 110 valence electrons. The molecular formula is C15H19BrO3S. The van der Waals surface area contributed by atoms with Gasteiger partial charge in [-0.1, -0.05) is 34.1 Å². The maximum atomic E-state index is 11.7. The summed E-state index contributed by atoms with van der Waals surface area (Å²) in [6, 6.07) is 6.18. The van der Waals surface area contributed by atoms with E-state index in [2.05, 4.69) is 35.8 Å². The molecule has 1 saturated heterocycles. The van der Waals surface area contributed by atoms with E-state index in [1.165, 1.54) is 5.56 Å². The molecule has 0 bridgehead atoms. The Labute approximate surface area is 128 Å². The number of hydrogen-bond donors (Lipinski definition) is 0. The number of para-hydroxylation sites is 1. The Kier molecular flexibility index (Phi) is 3.41. The minimum atomic E-state index is -2.86. The highest BCUT2D eigenvalue weighted by Crippen LogP contribution is 2.46. The van der Waals surface area contributed by atoms with Crippen LogP contribution in [0.4, 0.5) is 0 Å². The lowest BCUT2D eigenvalue weighted by Gasteiger charge is -2.22. The molecule has 0 aliphatic carbocycles. The minimum Gasteiger partial charge on any atom is -0.487 e. The third-order valence-corrected chi connectivity index (χ3v) is 7.13. The molecule has 5 heteroatoms. The van der Waals surface area contributed by atoms with Gasteiger partial charge in [-0.25, -0.2) is 8.42 Å². The zero-order valence-electron chi connectivity index (χ0n) is 11.7. The van der Waals surface area contributed by atoms with Gasteiger partial charge in [-0.05, 0) is 31.7 Å². The Bertz CT molecular complexity index is 637. The van der Waals surface area contributed by atoms with Crippen LogP contribution < -0.4 is 4.74 Å². The molecule has 1 aromatic carbocycles. The molecule has 1 fully saturated rings. The van der Waals surface area contributed by atoms with Crippen LogP contribution in [0.1, 0.15) is 36.2 Å². The first-order valence-corrected chi connectivity index (χ1v) is 9.66. The fraction of sp³-hybridized carbons (Fsp3) is 0.600. The molecule has 0 amide bonds. The zero-order valence-corrected chi connectivity index (χ0v) is 14.1. The summed E-state index contributed by atoms with van der Waals surface area (Å²) < 4.78 is 29.4. The molecule has 0 spiro atoms. The van der Waals surface area contributed by atoms with Crippen LogP contribution in [0.2, 0.25) is 0 Å². The van der Waals surface area contributed by atoms with E-state index < -0.39 is 9.84 Å². The molecule has 2 unspecified atom stereocenters. The fourth-order valence-electron chi connectivity index (χ4n) is 3.17. The van der Waals surface area contributed by atoms with Crippen molar-refractivity contribution in [3.8, 4) is 5.75 Å². The van der Waals surface area contributed by atoms with E-state index in [0.717, 1.165) is 24.2 Å². The van der Waals surface area contributed by atoms with Crippen molar-refractivity contribution in [2.75, 3.05) is 11.5 Å². The highest BCUT2D eigenvalue weighted by Gasteiger charge is 2.37. The number of sulfone groups is 1. The molecule has 1 aromatic rings. The topological polar surface area (TPSA) is 43.4 Å². The van der Waals surface area contributed by atoms with Crippen molar-refractivity contribution >= 4 is 25.8 Å². The maximum absolute atomic E-state index is 11.7. The molecular weight excluding hydrogens is 340 g/mol. The van der Waals surface area contributed by atoms with E-state index >= 15 is 0 Å². The fourth-order valence-corrected chi connectivity index (χ4v) is 6.06. The van der Waals surface area contributed by atoms with Gasteiger partial charge in [-0.3, -0.25) is 0 Å². The second-order valence-electron chi connectivity index (χ2n) is 6.44. The van der Waals surface area contributed by atoms with Crippen LogP contribution in [0.3, 0.4) is 0 Å². The molecule has 0 radical (unpaired) electrons. The highest BCUT2D eigenvalue weighted by atomic mass is 79.9. The van der Waals surface area contributed by atoms with Crippen LogP contribution in [-0.4, -0.2) is 25.5 Å². The smallest absolute Gasteiger partial charge is 0.150 e. The molecule has 20 heavy (non-hydrogen) atoms. The quantitative estimate of drug-likeness (QED) is 0.762. The number of fused-ring (bicyclic) bond motifs is 1. The summed E-state index contributed by atoms with van der Waals surface area (Å²) in [7, 11) is -2.86. The van der Waals surface area contributed by atoms with Crippen LogP contribution in [0.25, 0.3) is 0 Å². The van der Waals surface area contributed by atoms with Gasteiger partial charge < -0.3 is 4.74 Å². The van der Waals surface area contributed by atoms with Gasteiger partial charge in [0, 0.05) is 16.8 Å². The van der Waals surface area contributed by atoms with E-state index in [1.807, 2.05) is 12.1 Å². The number of benzene rings is 1. The van der Waals surface area contributed by atoms with Gasteiger partial charge in [0.25, 0.3) is 0 Å². The number of halogens is 1. The van der Waals surface area contributed by atoms with Gasteiger partial charge >= 0.3 is 0 Å². The van der Waals surface area contributed by atoms with E-state index in [9.17, 15) is 8.42 Å². The predicted octanol–water partition coefficient (Wildman–Crippen LogP) is 3.27. The first-order chi connectivity index (χ1) is 9.27. The van der Waals surface area contributed by atoms with Crippen molar-refractivity contribution in [1.82, 2.24) is 0 Å². The van der Waals surface area contributed by atoms with Gasteiger partial charge in [0.2, 0.25) is 0 Å². The normalized spacial score (nSPS) is 27.9. The summed E-state index contributed by atoms with van der Waals surface area (Å²) in [5.41, 5.74) is 2.14. The van der Waals surface area contributed by atoms with Crippen molar-refractivity contribution in [1.29, 1.82) is 0 Å². The summed E-state index contributed by atoms with van der Waals surface area (Å²) >= 11 is 3.71. The number of alkyl halides is 1. The van der Waals surface area contributed by atoms with Crippen molar-refractivity contribution in [2.24, 2.45) is 5.92 Å². The third-order valence-electron chi connectivity index (χ3n) is 4.10. The van der Waals surface area contributed by atoms with Crippen LogP contribution in [0.15, 0.2) is 18.2 Å². The molecule has 0 N–H and O–H groups in total. The summed E-state index contributed by atoms with van der Waals surface area (Å²) in [6.07, 6.45) is 1.63. The largest absolute Gasteiger partial charge is 0.487 e. The Morgan fingerprint density at radius 1 is 1.40 bits per heavy atom. The van der Waals surface area contributed by atoms with Crippen molar-refractivity contribution in [3.05, 3.63) is 29.3 Å². The molecule has 2 aliphatic rings. The summed E-state index contributed by atoms with van der Waals surface area (Å²) in [5.74, 6) is 1.67.